The van der Waals surface area contributed by atoms with Crippen molar-refractivity contribution in [3.63, 3.8) is 0 Å². The minimum absolute atomic E-state index is 0.151. The van der Waals surface area contributed by atoms with E-state index in [0.29, 0.717) is 11.4 Å². The Morgan fingerprint density at radius 2 is 1.14 bits per heavy atom. The van der Waals surface area contributed by atoms with E-state index in [1.165, 1.54) is 4.90 Å². The first-order valence-electron chi connectivity index (χ1n) is 12.6. The van der Waals surface area contributed by atoms with E-state index in [1.54, 1.807) is 12.1 Å². The number of ether oxygens (including phenoxy) is 1. The van der Waals surface area contributed by atoms with Crippen LogP contribution in [0.1, 0.15) is 28.5 Å². The van der Waals surface area contributed by atoms with Gasteiger partial charge in [0, 0.05) is 11.8 Å². The SMILES string of the molecule is Cc1cccc(Oc2ccc(N3C(=O)[C@H]4[C@H](C3=O)[C@H](c3ccccc3)C=C[C@@H]4c3ccccc3)cc2)c1. The average molecular weight is 486 g/mol. The normalized spacial score (nSPS) is 22.7. The van der Waals surface area contributed by atoms with Gasteiger partial charge in [-0.25, -0.2) is 4.90 Å². The molecule has 4 heteroatoms. The summed E-state index contributed by atoms with van der Waals surface area (Å²) in [7, 11) is 0. The van der Waals surface area contributed by atoms with Crippen LogP contribution in [0.2, 0.25) is 0 Å². The Labute approximate surface area is 216 Å². The van der Waals surface area contributed by atoms with Crippen LogP contribution in [-0.2, 0) is 9.59 Å². The number of aryl methyl sites for hydroxylation is 1. The maximum Gasteiger partial charge on any atom is 0.238 e. The second-order valence-corrected chi connectivity index (χ2v) is 9.73. The van der Waals surface area contributed by atoms with E-state index in [-0.39, 0.29) is 23.7 Å². The van der Waals surface area contributed by atoms with Gasteiger partial charge in [-0.3, -0.25) is 9.59 Å². The standard InChI is InChI=1S/C33H27NO3/c1-22-9-8-14-27(21-22)37-26-17-15-25(16-18-26)34-32(35)30-28(23-10-4-2-5-11-23)19-20-29(31(30)33(34)36)24-12-6-3-7-13-24/h2-21,28-31H,1H3/t28-,29+,30-,31-/m1/s1. The molecule has 182 valence electrons. The number of hydrogen-bond donors (Lipinski definition) is 0. The van der Waals surface area contributed by atoms with Gasteiger partial charge in [-0.2, -0.15) is 0 Å². The van der Waals surface area contributed by atoms with Crippen molar-refractivity contribution in [1.82, 2.24) is 0 Å². The number of fused-ring (bicyclic) bond motifs is 1. The van der Waals surface area contributed by atoms with Gasteiger partial charge in [0.25, 0.3) is 0 Å². The first-order chi connectivity index (χ1) is 18.1. The number of hydrogen-bond acceptors (Lipinski definition) is 3. The maximum absolute atomic E-state index is 14.0. The van der Waals surface area contributed by atoms with Crippen LogP contribution in [0.3, 0.4) is 0 Å². The van der Waals surface area contributed by atoms with Gasteiger partial charge >= 0.3 is 0 Å². The predicted molar refractivity (Wildman–Crippen MR) is 145 cm³/mol. The highest BCUT2D eigenvalue weighted by atomic mass is 16.5. The Bertz CT molecular complexity index is 1390. The summed E-state index contributed by atoms with van der Waals surface area (Å²) in [5, 5.41) is 0. The number of benzene rings is 4. The Balaban J connectivity index is 1.34. The number of imide groups is 1. The number of carbonyl (C=O) groups excluding carboxylic acids is 2. The molecule has 4 atom stereocenters. The summed E-state index contributed by atoms with van der Waals surface area (Å²) < 4.78 is 5.98. The molecule has 0 N–H and O–H groups in total. The molecule has 1 fully saturated rings. The lowest BCUT2D eigenvalue weighted by Crippen LogP contribution is -2.31. The van der Waals surface area contributed by atoms with Crippen molar-refractivity contribution < 1.29 is 14.3 Å². The van der Waals surface area contributed by atoms with Gasteiger partial charge in [-0.1, -0.05) is 84.9 Å². The van der Waals surface area contributed by atoms with E-state index in [4.69, 9.17) is 4.74 Å². The summed E-state index contributed by atoms with van der Waals surface area (Å²) in [5.41, 5.74) is 3.77. The van der Waals surface area contributed by atoms with Gasteiger partial charge in [0.05, 0.1) is 17.5 Å². The Morgan fingerprint density at radius 1 is 0.595 bits per heavy atom. The van der Waals surface area contributed by atoms with E-state index >= 15 is 0 Å². The number of allylic oxidation sites excluding steroid dienone is 2. The van der Waals surface area contributed by atoms with Gasteiger partial charge in [0.15, 0.2) is 0 Å². The molecule has 1 saturated heterocycles. The minimum atomic E-state index is -0.465. The highest BCUT2D eigenvalue weighted by Gasteiger charge is 2.55. The van der Waals surface area contributed by atoms with Gasteiger partial charge in [-0.15, -0.1) is 0 Å². The zero-order valence-corrected chi connectivity index (χ0v) is 20.5. The molecule has 0 unspecified atom stereocenters. The number of rotatable bonds is 5. The maximum atomic E-state index is 14.0. The van der Waals surface area contributed by atoms with Crippen molar-refractivity contribution in [1.29, 1.82) is 0 Å². The first-order valence-corrected chi connectivity index (χ1v) is 12.6. The summed E-state index contributed by atoms with van der Waals surface area (Å²) in [6.07, 6.45) is 4.23. The van der Waals surface area contributed by atoms with Crippen LogP contribution in [0.5, 0.6) is 11.5 Å². The molecule has 2 aliphatic rings. The molecule has 1 heterocycles. The largest absolute Gasteiger partial charge is 0.457 e. The van der Waals surface area contributed by atoms with Crippen molar-refractivity contribution in [3.8, 4) is 11.5 Å². The monoisotopic (exact) mass is 485 g/mol. The fourth-order valence-electron chi connectivity index (χ4n) is 5.67. The molecule has 0 saturated carbocycles. The lowest BCUT2D eigenvalue weighted by atomic mass is 9.68. The molecule has 4 aromatic carbocycles. The molecular weight excluding hydrogens is 458 g/mol. The Kier molecular flexibility index (Phi) is 5.93. The summed E-state index contributed by atoms with van der Waals surface area (Å²) in [6.45, 7) is 2.01. The van der Waals surface area contributed by atoms with Crippen LogP contribution in [-0.4, -0.2) is 11.8 Å². The summed E-state index contributed by atoms with van der Waals surface area (Å²) in [5.74, 6) is -0.149. The minimum Gasteiger partial charge on any atom is -0.457 e. The fraction of sp³-hybridized carbons (Fsp3) is 0.152. The van der Waals surface area contributed by atoms with Crippen LogP contribution in [0.25, 0.3) is 0 Å². The number of anilines is 1. The molecule has 6 rings (SSSR count). The summed E-state index contributed by atoms with van der Waals surface area (Å²) in [4.78, 5) is 29.3. The molecular formula is C33H27NO3. The van der Waals surface area contributed by atoms with Crippen LogP contribution < -0.4 is 9.64 Å². The lowest BCUT2D eigenvalue weighted by molar-refractivity contribution is -0.122. The van der Waals surface area contributed by atoms with E-state index in [9.17, 15) is 9.59 Å². The molecule has 4 nitrogen and oxygen atoms in total. The summed E-state index contributed by atoms with van der Waals surface area (Å²) >= 11 is 0. The highest BCUT2D eigenvalue weighted by molar-refractivity contribution is 6.23. The first kappa shape index (κ1) is 23.0. The zero-order chi connectivity index (χ0) is 25.4. The van der Waals surface area contributed by atoms with Crippen molar-refractivity contribution in [3.05, 3.63) is 138 Å². The number of carbonyl (C=O) groups is 2. The van der Waals surface area contributed by atoms with E-state index in [1.807, 2.05) is 104 Å². The molecule has 0 bridgehead atoms. The molecule has 4 aromatic rings. The van der Waals surface area contributed by atoms with Crippen molar-refractivity contribution in [2.45, 2.75) is 18.8 Å². The molecule has 0 radical (unpaired) electrons. The molecule has 1 aliphatic carbocycles. The molecule has 2 amide bonds. The zero-order valence-electron chi connectivity index (χ0n) is 20.5. The number of amides is 2. The Hall–Kier alpha value is -4.44. The molecule has 0 spiro atoms. The fourth-order valence-corrected chi connectivity index (χ4v) is 5.67. The van der Waals surface area contributed by atoms with E-state index < -0.39 is 11.8 Å². The molecule has 1 aliphatic heterocycles. The van der Waals surface area contributed by atoms with Gasteiger partial charge in [-0.05, 0) is 60.0 Å². The van der Waals surface area contributed by atoms with Crippen LogP contribution in [0.15, 0.2) is 121 Å². The average Bonchev–Trinajstić information content (AvgIpc) is 3.20. The smallest absolute Gasteiger partial charge is 0.238 e. The van der Waals surface area contributed by atoms with Crippen molar-refractivity contribution in [2.75, 3.05) is 4.90 Å². The van der Waals surface area contributed by atoms with E-state index in [0.717, 1.165) is 22.4 Å². The van der Waals surface area contributed by atoms with Crippen molar-refractivity contribution in [2.24, 2.45) is 11.8 Å². The second kappa shape index (κ2) is 9.55. The molecule has 37 heavy (non-hydrogen) atoms. The van der Waals surface area contributed by atoms with Crippen molar-refractivity contribution >= 4 is 17.5 Å². The third kappa shape index (κ3) is 4.25. The van der Waals surface area contributed by atoms with Gasteiger partial charge in [0.2, 0.25) is 11.8 Å². The number of nitrogens with zero attached hydrogens (tertiary/aromatic N) is 1. The van der Waals surface area contributed by atoms with Crippen LogP contribution in [0.4, 0.5) is 5.69 Å². The predicted octanol–water partition coefficient (Wildman–Crippen LogP) is 7.03. The van der Waals surface area contributed by atoms with E-state index in [2.05, 4.69) is 12.2 Å². The van der Waals surface area contributed by atoms with Crippen LogP contribution >= 0.6 is 0 Å². The van der Waals surface area contributed by atoms with Gasteiger partial charge in [0.1, 0.15) is 11.5 Å². The third-order valence-electron chi connectivity index (χ3n) is 7.39. The third-order valence-corrected chi connectivity index (χ3v) is 7.39. The lowest BCUT2D eigenvalue weighted by Gasteiger charge is -2.32. The summed E-state index contributed by atoms with van der Waals surface area (Å²) in [6, 6.07) is 35.0. The molecule has 0 aromatic heterocycles. The Morgan fingerprint density at radius 3 is 1.65 bits per heavy atom. The topological polar surface area (TPSA) is 46.6 Å². The quantitative estimate of drug-likeness (QED) is 0.225. The second-order valence-electron chi connectivity index (χ2n) is 9.73. The highest BCUT2D eigenvalue weighted by Crippen LogP contribution is 2.50. The van der Waals surface area contributed by atoms with Gasteiger partial charge < -0.3 is 4.74 Å². The van der Waals surface area contributed by atoms with Crippen LogP contribution in [0, 0.1) is 18.8 Å².